The predicted molar refractivity (Wildman–Crippen MR) is 67.0 cm³/mol. The number of rotatable bonds is 2. The van der Waals surface area contributed by atoms with Gasteiger partial charge in [-0.3, -0.25) is 4.79 Å². The standard InChI is InChI=1S/C13H9ClFNO2/c14-12-2-1-7(5-11(12)13(16)18)8-3-9(15)6-10(17)4-8/h1-6,17H,(H2,16,18). The molecule has 0 saturated carbocycles. The van der Waals surface area contributed by atoms with Crippen LogP contribution in [0.3, 0.4) is 0 Å². The van der Waals surface area contributed by atoms with Crippen molar-refractivity contribution in [1.82, 2.24) is 0 Å². The zero-order valence-electron chi connectivity index (χ0n) is 9.15. The van der Waals surface area contributed by atoms with Gasteiger partial charge in [0.15, 0.2) is 0 Å². The van der Waals surface area contributed by atoms with Crippen LogP contribution in [0.2, 0.25) is 5.02 Å². The summed E-state index contributed by atoms with van der Waals surface area (Å²) in [6, 6.07) is 8.19. The topological polar surface area (TPSA) is 63.3 Å². The van der Waals surface area contributed by atoms with Gasteiger partial charge in [0.2, 0.25) is 5.91 Å². The molecule has 0 radical (unpaired) electrons. The lowest BCUT2D eigenvalue weighted by molar-refractivity contribution is 0.100. The number of halogens is 2. The molecule has 0 saturated heterocycles. The van der Waals surface area contributed by atoms with Crippen LogP contribution in [-0.2, 0) is 0 Å². The van der Waals surface area contributed by atoms with Crippen molar-refractivity contribution in [3.63, 3.8) is 0 Å². The fraction of sp³-hybridized carbons (Fsp3) is 0. The summed E-state index contributed by atoms with van der Waals surface area (Å²) >= 11 is 5.82. The van der Waals surface area contributed by atoms with E-state index in [1.807, 2.05) is 0 Å². The van der Waals surface area contributed by atoms with Crippen LogP contribution in [0, 0.1) is 5.82 Å². The van der Waals surface area contributed by atoms with Gasteiger partial charge in [-0.15, -0.1) is 0 Å². The molecule has 0 aliphatic carbocycles. The van der Waals surface area contributed by atoms with E-state index in [9.17, 15) is 14.3 Å². The molecule has 5 heteroatoms. The molecule has 2 aromatic carbocycles. The van der Waals surface area contributed by atoms with Crippen molar-refractivity contribution < 1.29 is 14.3 Å². The second-order valence-electron chi connectivity index (χ2n) is 3.76. The second-order valence-corrected chi connectivity index (χ2v) is 4.16. The van der Waals surface area contributed by atoms with E-state index in [1.54, 1.807) is 6.07 Å². The molecule has 0 bridgehead atoms. The highest BCUT2D eigenvalue weighted by atomic mass is 35.5. The summed E-state index contributed by atoms with van der Waals surface area (Å²) in [6.45, 7) is 0. The predicted octanol–water partition coefficient (Wildman–Crippen LogP) is 2.95. The van der Waals surface area contributed by atoms with Gasteiger partial charge in [0.05, 0.1) is 10.6 Å². The summed E-state index contributed by atoms with van der Waals surface area (Å²) in [7, 11) is 0. The Morgan fingerprint density at radius 2 is 1.89 bits per heavy atom. The monoisotopic (exact) mass is 265 g/mol. The van der Waals surface area contributed by atoms with Gasteiger partial charge in [-0.25, -0.2) is 4.39 Å². The molecule has 0 fully saturated rings. The van der Waals surface area contributed by atoms with Crippen molar-refractivity contribution in [1.29, 1.82) is 0 Å². The van der Waals surface area contributed by atoms with Gasteiger partial charge < -0.3 is 10.8 Å². The smallest absolute Gasteiger partial charge is 0.250 e. The average Bonchev–Trinajstić information content (AvgIpc) is 2.27. The zero-order valence-corrected chi connectivity index (χ0v) is 9.91. The zero-order chi connectivity index (χ0) is 13.3. The molecule has 3 nitrogen and oxygen atoms in total. The van der Waals surface area contributed by atoms with Gasteiger partial charge in [0.1, 0.15) is 11.6 Å². The summed E-state index contributed by atoms with van der Waals surface area (Å²) in [5.41, 5.74) is 6.31. The molecule has 0 unspecified atom stereocenters. The fourth-order valence-electron chi connectivity index (χ4n) is 1.63. The molecule has 0 spiro atoms. The maximum absolute atomic E-state index is 13.2. The third-order valence-electron chi connectivity index (χ3n) is 2.45. The van der Waals surface area contributed by atoms with Gasteiger partial charge in [-0.05, 0) is 35.4 Å². The highest BCUT2D eigenvalue weighted by Gasteiger charge is 2.09. The van der Waals surface area contributed by atoms with Crippen LogP contribution in [-0.4, -0.2) is 11.0 Å². The lowest BCUT2D eigenvalue weighted by Crippen LogP contribution is -2.11. The van der Waals surface area contributed by atoms with Crippen molar-refractivity contribution in [3.05, 3.63) is 52.8 Å². The second kappa shape index (κ2) is 4.66. The van der Waals surface area contributed by atoms with E-state index < -0.39 is 11.7 Å². The van der Waals surface area contributed by atoms with E-state index in [4.69, 9.17) is 17.3 Å². The molecule has 2 rings (SSSR count). The van der Waals surface area contributed by atoms with Crippen LogP contribution in [0.1, 0.15) is 10.4 Å². The Hall–Kier alpha value is -2.07. The van der Waals surface area contributed by atoms with E-state index in [0.29, 0.717) is 11.1 Å². The number of primary amides is 1. The van der Waals surface area contributed by atoms with Crippen LogP contribution < -0.4 is 5.73 Å². The van der Waals surface area contributed by atoms with E-state index >= 15 is 0 Å². The third-order valence-corrected chi connectivity index (χ3v) is 2.78. The summed E-state index contributed by atoms with van der Waals surface area (Å²) in [5, 5.41) is 9.56. The molecule has 0 heterocycles. The summed E-state index contributed by atoms with van der Waals surface area (Å²) < 4.78 is 13.2. The molecular formula is C13H9ClFNO2. The minimum Gasteiger partial charge on any atom is -0.508 e. The molecular weight excluding hydrogens is 257 g/mol. The number of carbonyl (C=O) groups excluding carboxylic acids is 1. The van der Waals surface area contributed by atoms with Crippen molar-refractivity contribution in [2.75, 3.05) is 0 Å². The average molecular weight is 266 g/mol. The number of phenols is 1. The number of nitrogens with two attached hydrogens (primary N) is 1. The maximum Gasteiger partial charge on any atom is 0.250 e. The first-order chi connectivity index (χ1) is 8.47. The molecule has 92 valence electrons. The highest BCUT2D eigenvalue weighted by Crippen LogP contribution is 2.28. The van der Waals surface area contributed by atoms with Gasteiger partial charge in [0.25, 0.3) is 0 Å². The van der Waals surface area contributed by atoms with Crippen molar-refractivity contribution >= 4 is 17.5 Å². The Labute approximate surface area is 108 Å². The SMILES string of the molecule is NC(=O)c1cc(-c2cc(O)cc(F)c2)ccc1Cl. The lowest BCUT2D eigenvalue weighted by atomic mass is 10.0. The Balaban J connectivity index is 2.57. The normalized spacial score (nSPS) is 10.3. The summed E-state index contributed by atoms with van der Waals surface area (Å²) in [4.78, 5) is 11.2. The molecule has 0 aliphatic heterocycles. The van der Waals surface area contributed by atoms with Crippen molar-refractivity contribution in [3.8, 4) is 16.9 Å². The number of hydrogen-bond donors (Lipinski definition) is 2. The van der Waals surface area contributed by atoms with Crippen LogP contribution in [0.4, 0.5) is 4.39 Å². The van der Waals surface area contributed by atoms with Gasteiger partial charge in [-0.2, -0.15) is 0 Å². The Morgan fingerprint density at radius 1 is 1.17 bits per heavy atom. The summed E-state index contributed by atoms with van der Waals surface area (Å²) in [5.74, 6) is -1.43. The quantitative estimate of drug-likeness (QED) is 0.877. The number of carbonyl (C=O) groups is 1. The number of aromatic hydroxyl groups is 1. The lowest BCUT2D eigenvalue weighted by Gasteiger charge is -2.06. The van der Waals surface area contributed by atoms with E-state index in [1.165, 1.54) is 24.3 Å². The minimum absolute atomic E-state index is 0.151. The molecule has 0 aliphatic rings. The Kier molecular flexibility index (Phi) is 3.21. The van der Waals surface area contributed by atoms with Crippen molar-refractivity contribution in [2.24, 2.45) is 5.73 Å². The molecule has 18 heavy (non-hydrogen) atoms. The first kappa shape index (κ1) is 12.4. The maximum atomic E-state index is 13.2. The number of hydrogen-bond acceptors (Lipinski definition) is 2. The van der Waals surface area contributed by atoms with Gasteiger partial charge >= 0.3 is 0 Å². The van der Waals surface area contributed by atoms with Crippen LogP contribution in [0.25, 0.3) is 11.1 Å². The first-order valence-corrected chi connectivity index (χ1v) is 5.44. The van der Waals surface area contributed by atoms with E-state index in [2.05, 4.69) is 0 Å². The van der Waals surface area contributed by atoms with Crippen LogP contribution in [0.5, 0.6) is 5.75 Å². The largest absolute Gasteiger partial charge is 0.508 e. The minimum atomic E-state index is -0.664. The molecule has 3 N–H and O–H groups in total. The number of amides is 1. The Morgan fingerprint density at radius 3 is 2.50 bits per heavy atom. The van der Waals surface area contributed by atoms with Crippen LogP contribution in [0.15, 0.2) is 36.4 Å². The van der Waals surface area contributed by atoms with Gasteiger partial charge in [0, 0.05) is 6.07 Å². The van der Waals surface area contributed by atoms with Crippen molar-refractivity contribution in [2.45, 2.75) is 0 Å². The molecule has 2 aromatic rings. The molecule has 0 aromatic heterocycles. The van der Waals surface area contributed by atoms with E-state index in [0.717, 1.165) is 6.07 Å². The van der Waals surface area contributed by atoms with Gasteiger partial charge in [-0.1, -0.05) is 17.7 Å². The highest BCUT2D eigenvalue weighted by molar-refractivity contribution is 6.33. The van der Waals surface area contributed by atoms with E-state index in [-0.39, 0.29) is 16.3 Å². The van der Waals surface area contributed by atoms with Crippen LogP contribution >= 0.6 is 11.6 Å². The Bertz CT molecular complexity index is 608. The first-order valence-electron chi connectivity index (χ1n) is 5.06. The number of phenolic OH excluding ortho intramolecular Hbond substituents is 1. The molecule has 1 amide bonds. The number of benzene rings is 2. The third kappa shape index (κ3) is 2.43. The summed E-state index contributed by atoms with van der Waals surface area (Å²) in [6.07, 6.45) is 0. The fourth-order valence-corrected chi connectivity index (χ4v) is 1.85. The molecule has 0 atom stereocenters.